The summed E-state index contributed by atoms with van der Waals surface area (Å²) in [5.41, 5.74) is 1.06. The molecule has 5 nitrogen and oxygen atoms in total. The molecule has 6 heteroatoms. The first-order chi connectivity index (χ1) is 12.0. The highest BCUT2D eigenvalue weighted by Crippen LogP contribution is 2.18. The maximum Gasteiger partial charge on any atom is 0.240 e. The monoisotopic (exact) mass is 368 g/mol. The second-order valence-electron chi connectivity index (χ2n) is 7.03. The van der Waals surface area contributed by atoms with Gasteiger partial charge in [0.25, 0.3) is 0 Å². The van der Waals surface area contributed by atoms with Gasteiger partial charge in [-0.3, -0.25) is 0 Å². The summed E-state index contributed by atoms with van der Waals surface area (Å²) in [4.78, 5) is 2.82. The fourth-order valence-corrected chi connectivity index (χ4v) is 4.42. The summed E-state index contributed by atoms with van der Waals surface area (Å²) in [5, 5.41) is 0. The normalized spacial score (nSPS) is 19.2. The van der Waals surface area contributed by atoms with Crippen molar-refractivity contribution >= 4 is 10.0 Å². The summed E-state index contributed by atoms with van der Waals surface area (Å²) in [6.45, 7) is 6.53. The fourth-order valence-electron chi connectivity index (χ4n) is 3.31. The number of hydrogen-bond acceptors (Lipinski definition) is 4. The van der Waals surface area contributed by atoms with Crippen molar-refractivity contribution in [1.82, 2.24) is 9.62 Å². The SMILES string of the molecule is COCCCCCN1CCCC(CNS(=O)(=O)c2ccc(C)cc2)C1. The lowest BCUT2D eigenvalue weighted by atomic mass is 9.98. The number of sulfonamides is 1. The van der Waals surface area contributed by atoms with Gasteiger partial charge in [0.15, 0.2) is 0 Å². The van der Waals surface area contributed by atoms with Gasteiger partial charge in [0, 0.05) is 26.8 Å². The van der Waals surface area contributed by atoms with Crippen LogP contribution in [0.5, 0.6) is 0 Å². The first kappa shape index (κ1) is 20.4. The molecule has 1 aliphatic rings. The molecular weight excluding hydrogens is 336 g/mol. The number of unbranched alkanes of at least 4 members (excludes halogenated alkanes) is 2. The van der Waals surface area contributed by atoms with Crippen molar-refractivity contribution in [3.63, 3.8) is 0 Å². The number of benzene rings is 1. The number of methoxy groups -OCH3 is 1. The van der Waals surface area contributed by atoms with Crippen molar-refractivity contribution in [1.29, 1.82) is 0 Å². The summed E-state index contributed by atoms with van der Waals surface area (Å²) in [6.07, 6.45) is 5.73. The molecule has 0 bridgehead atoms. The van der Waals surface area contributed by atoms with Crippen LogP contribution in [0.4, 0.5) is 0 Å². The second kappa shape index (κ2) is 10.3. The number of ether oxygens (including phenoxy) is 1. The van der Waals surface area contributed by atoms with E-state index in [4.69, 9.17) is 4.74 Å². The van der Waals surface area contributed by atoms with E-state index in [1.807, 2.05) is 19.1 Å². The van der Waals surface area contributed by atoms with Gasteiger partial charge in [0.05, 0.1) is 4.90 Å². The molecule has 1 atom stereocenters. The van der Waals surface area contributed by atoms with Crippen LogP contribution in [0.3, 0.4) is 0 Å². The van der Waals surface area contributed by atoms with Crippen LogP contribution in [0.25, 0.3) is 0 Å². The maximum atomic E-state index is 12.4. The molecule has 1 aromatic carbocycles. The van der Waals surface area contributed by atoms with Gasteiger partial charge < -0.3 is 9.64 Å². The largest absolute Gasteiger partial charge is 0.385 e. The molecular formula is C19H32N2O3S. The minimum atomic E-state index is -3.40. The average Bonchev–Trinajstić information content (AvgIpc) is 2.61. The Morgan fingerprint density at radius 3 is 2.68 bits per heavy atom. The smallest absolute Gasteiger partial charge is 0.240 e. The molecule has 1 aliphatic heterocycles. The first-order valence-electron chi connectivity index (χ1n) is 9.29. The third-order valence-corrected chi connectivity index (χ3v) is 6.26. The molecule has 0 saturated carbocycles. The van der Waals surface area contributed by atoms with Crippen molar-refractivity contribution in [2.75, 3.05) is 39.9 Å². The van der Waals surface area contributed by atoms with Crippen molar-refractivity contribution < 1.29 is 13.2 Å². The first-order valence-corrected chi connectivity index (χ1v) is 10.8. The molecule has 0 aliphatic carbocycles. The van der Waals surface area contributed by atoms with E-state index in [1.165, 1.54) is 12.8 Å². The zero-order chi connectivity index (χ0) is 18.1. The Labute approximate surface area is 152 Å². The zero-order valence-corrected chi connectivity index (χ0v) is 16.4. The minimum absolute atomic E-state index is 0.351. The quantitative estimate of drug-likeness (QED) is 0.645. The summed E-state index contributed by atoms with van der Waals surface area (Å²) in [6, 6.07) is 7.01. The van der Waals surface area contributed by atoms with Gasteiger partial charge in [0.1, 0.15) is 0 Å². The molecule has 1 unspecified atom stereocenters. The molecule has 142 valence electrons. The Hall–Kier alpha value is -0.950. The molecule has 2 rings (SSSR count). The average molecular weight is 369 g/mol. The summed E-state index contributed by atoms with van der Waals surface area (Å²) >= 11 is 0. The van der Waals surface area contributed by atoms with E-state index in [2.05, 4.69) is 9.62 Å². The minimum Gasteiger partial charge on any atom is -0.385 e. The molecule has 0 spiro atoms. The maximum absolute atomic E-state index is 12.4. The number of rotatable bonds is 10. The van der Waals surface area contributed by atoms with E-state index in [0.29, 0.717) is 17.4 Å². The van der Waals surface area contributed by atoms with Crippen LogP contribution in [0.2, 0.25) is 0 Å². The number of likely N-dealkylation sites (tertiary alicyclic amines) is 1. The van der Waals surface area contributed by atoms with Gasteiger partial charge in [-0.15, -0.1) is 0 Å². The van der Waals surface area contributed by atoms with Gasteiger partial charge in [-0.2, -0.15) is 0 Å². The van der Waals surface area contributed by atoms with E-state index in [1.54, 1.807) is 19.2 Å². The summed E-state index contributed by atoms with van der Waals surface area (Å²) in [7, 11) is -1.66. The zero-order valence-electron chi connectivity index (χ0n) is 15.5. The molecule has 1 fully saturated rings. The summed E-state index contributed by atoms with van der Waals surface area (Å²) in [5.74, 6) is 0.396. The van der Waals surface area contributed by atoms with Crippen molar-refractivity contribution in [2.45, 2.75) is 43.9 Å². The Morgan fingerprint density at radius 1 is 1.20 bits per heavy atom. The molecule has 0 aromatic heterocycles. The van der Waals surface area contributed by atoms with E-state index in [-0.39, 0.29) is 0 Å². The Kier molecular flexibility index (Phi) is 8.36. The Morgan fingerprint density at radius 2 is 1.96 bits per heavy atom. The highest BCUT2D eigenvalue weighted by Gasteiger charge is 2.22. The van der Waals surface area contributed by atoms with Crippen molar-refractivity contribution in [3.8, 4) is 0 Å². The van der Waals surface area contributed by atoms with Gasteiger partial charge >= 0.3 is 0 Å². The number of nitrogens with zero attached hydrogens (tertiary/aromatic N) is 1. The number of hydrogen-bond donors (Lipinski definition) is 1. The molecule has 1 heterocycles. The van der Waals surface area contributed by atoms with Crippen LogP contribution in [0, 0.1) is 12.8 Å². The van der Waals surface area contributed by atoms with Crippen LogP contribution in [-0.4, -0.2) is 53.2 Å². The molecule has 1 N–H and O–H groups in total. The van der Waals surface area contributed by atoms with E-state index < -0.39 is 10.0 Å². The van der Waals surface area contributed by atoms with Gasteiger partial charge in [-0.25, -0.2) is 13.1 Å². The van der Waals surface area contributed by atoms with Crippen molar-refractivity contribution in [2.24, 2.45) is 5.92 Å². The predicted molar refractivity (Wildman–Crippen MR) is 101 cm³/mol. The van der Waals surface area contributed by atoms with Crippen LogP contribution in [-0.2, 0) is 14.8 Å². The highest BCUT2D eigenvalue weighted by atomic mass is 32.2. The number of nitrogens with one attached hydrogen (secondary N) is 1. The van der Waals surface area contributed by atoms with E-state index in [0.717, 1.165) is 51.1 Å². The number of piperidine rings is 1. The van der Waals surface area contributed by atoms with Crippen LogP contribution >= 0.6 is 0 Å². The fraction of sp³-hybridized carbons (Fsp3) is 0.684. The molecule has 25 heavy (non-hydrogen) atoms. The molecule has 0 amide bonds. The number of aryl methyl sites for hydroxylation is 1. The lowest BCUT2D eigenvalue weighted by Crippen LogP contribution is -2.41. The molecule has 1 saturated heterocycles. The Balaban J connectivity index is 1.75. The third kappa shape index (κ3) is 7.05. The highest BCUT2D eigenvalue weighted by molar-refractivity contribution is 7.89. The van der Waals surface area contributed by atoms with Crippen LogP contribution in [0.1, 0.15) is 37.7 Å². The second-order valence-corrected chi connectivity index (χ2v) is 8.79. The Bertz CT molecular complexity index is 602. The van der Waals surface area contributed by atoms with Crippen molar-refractivity contribution in [3.05, 3.63) is 29.8 Å². The predicted octanol–water partition coefficient (Wildman–Crippen LogP) is 2.80. The molecule has 0 radical (unpaired) electrons. The molecule has 1 aromatic rings. The van der Waals surface area contributed by atoms with Crippen LogP contribution in [0.15, 0.2) is 29.2 Å². The van der Waals surface area contributed by atoms with E-state index >= 15 is 0 Å². The third-order valence-electron chi connectivity index (χ3n) is 4.82. The lowest BCUT2D eigenvalue weighted by molar-refractivity contribution is 0.166. The summed E-state index contributed by atoms with van der Waals surface area (Å²) < 4.78 is 32.7. The van der Waals surface area contributed by atoms with E-state index in [9.17, 15) is 8.42 Å². The van der Waals surface area contributed by atoms with Gasteiger partial charge in [-0.05, 0) is 70.2 Å². The van der Waals surface area contributed by atoms with Crippen LogP contribution < -0.4 is 4.72 Å². The van der Waals surface area contributed by atoms with Gasteiger partial charge in [-0.1, -0.05) is 17.7 Å². The lowest BCUT2D eigenvalue weighted by Gasteiger charge is -2.32. The standard InChI is InChI=1S/C19H32N2O3S/c1-17-8-10-19(11-9-17)25(22,23)20-15-18-7-6-13-21(16-18)12-4-3-5-14-24-2/h8-11,18,20H,3-7,12-16H2,1-2H3. The van der Waals surface area contributed by atoms with Gasteiger partial charge in [0.2, 0.25) is 10.0 Å². The topological polar surface area (TPSA) is 58.6 Å².